The Hall–Kier alpha value is -2.26. The maximum atomic E-state index is 12.4. The second-order valence-electron chi connectivity index (χ2n) is 5.45. The van der Waals surface area contributed by atoms with Crippen LogP contribution in [0.5, 0.6) is 0 Å². The summed E-state index contributed by atoms with van der Waals surface area (Å²) in [6.45, 7) is 11.7. The number of carbonyl (C=O) groups is 1. The lowest BCUT2D eigenvalue weighted by molar-refractivity contribution is -0.120. The van der Waals surface area contributed by atoms with E-state index < -0.39 is 5.41 Å². The number of nitrogens with zero attached hydrogens (tertiary/aromatic N) is 1. The molecule has 0 amide bonds. The van der Waals surface area contributed by atoms with Gasteiger partial charge in [0, 0.05) is 30.6 Å². The predicted octanol–water partition coefficient (Wildman–Crippen LogP) is 7.25. The number of aromatic nitrogens is 1. The van der Waals surface area contributed by atoms with E-state index in [4.69, 9.17) is 0 Å². The highest BCUT2D eigenvalue weighted by atomic mass is 32.1. The van der Waals surface area contributed by atoms with E-state index in [0.29, 0.717) is 0 Å². The quantitative estimate of drug-likeness (QED) is 0.483. The van der Waals surface area contributed by atoms with E-state index in [0.717, 1.165) is 20.9 Å². The molecule has 2 heterocycles. The third-order valence-electron chi connectivity index (χ3n) is 4.10. The molecule has 1 aromatic carbocycles. The fourth-order valence-corrected chi connectivity index (χ4v) is 3.77. The maximum absolute atomic E-state index is 12.4. The predicted molar refractivity (Wildman–Crippen MR) is 118 cm³/mol. The third-order valence-corrected chi connectivity index (χ3v) is 5.46. The normalized spacial score (nSPS) is 11.9. The molecule has 0 aliphatic rings. The van der Waals surface area contributed by atoms with Gasteiger partial charge in [-0.1, -0.05) is 64.1 Å². The Morgan fingerprint density at radius 3 is 2.15 bits per heavy atom. The zero-order valence-corrected chi connectivity index (χ0v) is 17.4. The highest BCUT2D eigenvalue weighted by Crippen LogP contribution is 2.39. The molecule has 1 atom stereocenters. The van der Waals surface area contributed by atoms with E-state index in [1.807, 2.05) is 83.3 Å². The van der Waals surface area contributed by atoms with Crippen molar-refractivity contribution in [2.24, 2.45) is 0 Å². The summed E-state index contributed by atoms with van der Waals surface area (Å²) < 4.78 is 0. The van der Waals surface area contributed by atoms with Crippen LogP contribution in [0.4, 0.5) is 0 Å². The molecule has 0 aliphatic carbocycles. The number of thiophene rings is 1. The minimum Gasteiger partial charge on any atom is -0.299 e. The van der Waals surface area contributed by atoms with Gasteiger partial charge in [-0.05, 0) is 37.6 Å². The third kappa shape index (κ3) is 4.67. The van der Waals surface area contributed by atoms with Gasteiger partial charge in [0.2, 0.25) is 0 Å². The molecule has 3 rings (SSSR count). The SMILES string of the molecule is CC.CC.CC(=O)C(C)(c1ccccc1)c1ccc(-c2cccnc2)s1.[HH].[HH]. The topological polar surface area (TPSA) is 30.0 Å². The molecule has 26 heavy (non-hydrogen) atoms. The van der Waals surface area contributed by atoms with Gasteiger partial charge < -0.3 is 0 Å². The van der Waals surface area contributed by atoms with E-state index >= 15 is 0 Å². The highest BCUT2D eigenvalue weighted by molar-refractivity contribution is 7.15. The van der Waals surface area contributed by atoms with E-state index in [1.54, 1.807) is 24.5 Å². The van der Waals surface area contributed by atoms with Crippen LogP contribution in [0.1, 0.15) is 54.8 Å². The second-order valence-corrected chi connectivity index (χ2v) is 6.54. The minimum atomic E-state index is -0.605. The largest absolute Gasteiger partial charge is 0.299 e. The van der Waals surface area contributed by atoms with Crippen LogP contribution in [0.2, 0.25) is 0 Å². The van der Waals surface area contributed by atoms with Gasteiger partial charge in [0.15, 0.2) is 0 Å². The van der Waals surface area contributed by atoms with Gasteiger partial charge in [0.05, 0.1) is 5.41 Å². The van der Waals surface area contributed by atoms with E-state index in [9.17, 15) is 4.79 Å². The van der Waals surface area contributed by atoms with Crippen LogP contribution in [-0.2, 0) is 10.2 Å². The van der Waals surface area contributed by atoms with Crippen molar-refractivity contribution in [2.45, 2.75) is 47.0 Å². The van der Waals surface area contributed by atoms with Crippen molar-refractivity contribution in [1.29, 1.82) is 0 Å². The number of Topliss-reactive ketones (excluding diaryl/α,β-unsaturated/α-hetero) is 1. The first-order chi connectivity index (χ1) is 12.6. The molecule has 0 saturated heterocycles. The number of hydrogen-bond donors (Lipinski definition) is 0. The Morgan fingerprint density at radius 2 is 1.62 bits per heavy atom. The van der Waals surface area contributed by atoms with Crippen LogP contribution in [-0.4, -0.2) is 10.8 Å². The molecule has 1 unspecified atom stereocenters. The minimum absolute atomic E-state index is 0. The summed E-state index contributed by atoms with van der Waals surface area (Å²) in [6, 6.07) is 18.1. The average Bonchev–Trinajstić information content (AvgIpc) is 3.22. The number of hydrogen-bond acceptors (Lipinski definition) is 3. The van der Waals surface area contributed by atoms with Gasteiger partial charge >= 0.3 is 0 Å². The maximum Gasteiger partial charge on any atom is 0.145 e. The summed E-state index contributed by atoms with van der Waals surface area (Å²) in [5, 5.41) is 0. The van der Waals surface area contributed by atoms with Crippen LogP contribution >= 0.6 is 11.3 Å². The summed E-state index contributed by atoms with van der Waals surface area (Å²) >= 11 is 1.66. The summed E-state index contributed by atoms with van der Waals surface area (Å²) in [4.78, 5) is 18.8. The number of ketones is 1. The molecule has 0 bridgehead atoms. The Morgan fingerprint density at radius 1 is 0.962 bits per heavy atom. The molecular formula is C23H33NOS. The zero-order valence-electron chi connectivity index (χ0n) is 16.6. The van der Waals surface area contributed by atoms with Crippen LogP contribution in [0.25, 0.3) is 10.4 Å². The summed E-state index contributed by atoms with van der Waals surface area (Å²) in [7, 11) is 0. The lowest BCUT2D eigenvalue weighted by atomic mass is 9.78. The molecule has 0 spiro atoms. The second kappa shape index (κ2) is 10.7. The van der Waals surface area contributed by atoms with Crippen LogP contribution in [0.15, 0.2) is 67.0 Å². The molecule has 0 aliphatic heterocycles. The van der Waals surface area contributed by atoms with E-state index in [-0.39, 0.29) is 8.64 Å². The average molecular weight is 372 g/mol. The fourth-order valence-electron chi connectivity index (χ4n) is 2.56. The smallest absolute Gasteiger partial charge is 0.145 e. The van der Waals surface area contributed by atoms with Crippen molar-refractivity contribution in [2.75, 3.05) is 0 Å². The molecule has 142 valence electrons. The van der Waals surface area contributed by atoms with Crippen molar-refractivity contribution in [1.82, 2.24) is 4.98 Å². The van der Waals surface area contributed by atoms with Gasteiger partial charge in [0.25, 0.3) is 0 Å². The van der Waals surface area contributed by atoms with Crippen molar-refractivity contribution in [3.63, 3.8) is 0 Å². The van der Waals surface area contributed by atoms with Gasteiger partial charge in [-0.15, -0.1) is 11.3 Å². The number of benzene rings is 1. The highest BCUT2D eigenvalue weighted by Gasteiger charge is 2.35. The molecule has 3 aromatic rings. The monoisotopic (exact) mass is 371 g/mol. The lowest BCUT2D eigenvalue weighted by Crippen LogP contribution is -2.30. The first-order valence-corrected chi connectivity index (χ1v) is 10.0. The zero-order chi connectivity index (χ0) is 19.6. The first-order valence-electron chi connectivity index (χ1n) is 9.19. The van der Waals surface area contributed by atoms with Crippen molar-refractivity contribution in [3.05, 3.63) is 77.4 Å². The van der Waals surface area contributed by atoms with E-state index in [2.05, 4.69) is 17.1 Å². The number of rotatable bonds is 4. The summed E-state index contributed by atoms with van der Waals surface area (Å²) in [5.74, 6) is 0.151. The molecule has 2 aromatic heterocycles. The molecule has 0 radical (unpaired) electrons. The first kappa shape index (κ1) is 21.8. The molecule has 0 N–H and O–H groups in total. The van der Waals surface area contributed by atoms with Crippen LogP contribution in [0, 0.1) is 0 Å². The van der Waals surface area contributed by atoms with Crippen LogP contribution < -0.4 is 0 Å². The molecule has 0 fully saturated rings. The Kier molecular flexibility index (Phi) is 8.94. The van der Waals surface area contributed by atoms with Crippen LogP contribution in [0.3, 0.4) is 0 Å². The van der Waals surface area contributed by atoms with Gasteiger partial charge in [-0.25, -0.2) is 0 Å². The number of carbonyl (C=O) groups excluding carboxylic acids is 1. The Labute approximate surface area is 164 Å². The van der Waals surface area contributed by atoms with E-state index in [1.165, 1.54) is 0 Å². The van der Waals surface area contributed by atoms with Crippen molar-refractivity contribution in [3.8, 4) is 10.4 Å². The molecular weight excluding hydrogens is 338 g/mol. The lowest BCUT2D eigenvalue weighted by Gasteiger charge is -2.26. The fraction of sp³-hybridized carbons (Fsp3) is 0.304. The summed E-state index contributed by atoms with van der Waals surface area (Å²) in [6.07, 6.45) is 3.62. The van der Waals surface area contributed by atoms with Gasteiger partial charge in [-0.2, -0.15) is 0 Å². The van der Waals surface area contributed by atoms with Gasteiger partial charge in [0.1, 0.15) is 5.78 Å². The Balaban J connectivity index is 0. The molecule has 0 saturated carbocycles. The summed E-state index contributed by atoms with van der Waals surface area (Å²) in [5.41, 5.74) is 1.51. The number of pyridine rings is 1. The Bertz CT molecular complexity index is 791. The van der Waals surface area contributed by atoms with Gasteiger partial charge in [-0.3, -0.25) is 9.78 Å². The van der Waals surface area contributed by atoms with Crippen molar-refractivity contribution >= 4 is 17.1 Å². The standard InChI is InChI=1S/C19H17NOS.2C2H6.2H2/c1-14(21)19(2,16-8-4-3-5-9-16)18-11-10-17(22-18)15-7-6-12-20-13-15;2*1-2;;/h3-13H,1-2H3;2*1-2H3;2*1H. The van der Waals surface area contributed by atoms with Crippen molar-refractivity contribution < 1.29 is 7.65 Å². The molecule has 2 nitrogen and oxygen atoms in total. The molecule has 3 heteroatoms.